The molecule has 0 saturated heterocycles. The minimum Gasteiger partial charge on any atom is -0.364 e. The summed E-state index contributed by atoms with van der Waals surface area (Å²) in [6, 6.07) is 9.83. The molecule has 0 aliphatic rings. The van der Waals surface area contributed by atoms with Crippen molar-refractivity contribution in [2.75, 3.05) is 11.9 Å². The number of amides is 1. The van der Waals surface area contributed by atoms with Crippen molar-refractivity contribution in [2.45, 2.75) is 26.9 Å². The van der Waals surface area contributed by atoms with Gasteiger partial charge in [0.15, 0.2) is 5.65 Å². The highest BCUT2D eigenvalue weighted by atomic mass is 32.1. The van der Waals surface area contributed by atoms with Crippen LogP contribution in [0.2, 0.25) is 0 Å². The first kappa shape index (κ1) is 19.1. The van der Waals surface area contributed by atoms with Crippen molar-refractivity contribution < 1.29 is 4.79 Å². The van der Waals surface area contributed by atoms with Crippen LogP contribution in [-0.4, -0.2) is 32.2 Å². The van der Waals surface area contributed by atoms with Gasteiger partial charge in [-0.1, -0.05) is 12.1 Å². The van der Waals surface area contributed by atoms with E-state index in [2.05, 4.69) is 37.1 Å². The number of rotatable bonds is 7. The maximum Gasteiger partial charge on any atom is 0.251 e. The van der Waals surface area contributed by atoms with Crippen molar-refractivity contribution in [3.63, 3.8) is 0 Å². The van der Waals surface area contributed by atoms with Crippen molar-refractivity contribution >= 4 is 34.1 Å². The molecule has 29 heavy (non-hydrogen) atoms. The van der Waals surface area contributed by atoms with Crippen molar-refractivity contribution in [1.82, 2.24) is 25.1 Å². The largest absolute Gasteiger partial charge is 0.364 e. The summed E-state index contributed by atoms with van der Waals surface area (Å²) in [5, 5.41) is 13.6. The van der Waals surface area contributed by atoms with Gasteiger partial charge in [-0.2, -0.15) is 5.10 Å². The number of nitrogens with one attached hydrogen (secondary N) is 2. The third kappa shape index (κ3) is 4.27. The summed E-state index contributed by atoms with van der Waals surface area (Å²) >= 11 is 1.70. The molecule has 3 aromatic heterocycles. The standard InChI is InChI=1S/C21H22N6OS/c1-14-5-6-16(10-15(14)2)21(28)22-7-8-27-20-18(12-26-27)19(24-13-25-20)23-11-17-4-3-9-29-17/h3-6,9-10,12-13H,7-8,11H2,1-2H3,(H,22,28)(H,23,24,25). The Balaban J connectivity index is 1.40. The van der Waals surface area contributed by atoms with Crippen LogP contribution in [0.5, 0.6) is 0 Å². The highest BCUT2D eigenvalue weighted by Gasteiger charge is 2.11. The summed E-state index contributed by atoms with van der Waals surface area (Å²) < 4.78 is 1.79. The van der Waals surface area contributed by atoms with Crippen LogP contribution in [-0.2, 0) is 13.1 Å². The Morgan fingerprint density at radius 1 is 1.17 bits per heavy atom. The molecule has 0 spiro atoms. The smallest absolute Gasteiger partial charge is 0.251 e. The highest BCUT2D eigenvalue weighted by molar-refractivity contribution is 7.09. The average Bonchev–Trinajstić information content (AvgIpc) is 3.39. The Kier molecular flexibility index (Phi) is 5.53. The number of anilines is 1. The van der Waals surface area contributed by atoms with E-state index in [1.54, 1.807) is 22.2 Å². The number of fused-ring (bicyclic) bond motifs is 1. The quantitative estimate of drug-likeness (QED) is 0.490. The van der Waals surface area contributed by atoms with Crippen LogP contribution in [0, 0.1) is 13.8 Å². The number of hydrogen-bond acceptors (Lipinski definition) is 6. The monoisotopic (exact) mass is 406 g/mol. The van der Waals surface area contributed by atoms with E-state index in [1.165, 1.54) is 16.8 Å². The molecular weight excluding hydrogens is 384 g/mol. The summed E-state index contributed by atoms with van der Waals surface area (Å²) in [6.07, 6.45) is 3.29. The number of carbonyl (C=O) groups excluding carboxylic acids is 1. The normalized spacial score (nSPS) is 11.0. The molecule has 1 amide bonds. The van der Waals surface area contributed by atoms with Gasteiger partial charge in [0, 0.05) is 17.0 Å². The van der Waals surface area contributed by atoms with Gasteiger partial charge < -0.3 is 10.6 Å². The SMILES string of the molecule is Cc1ccc(C(=O)NCCn2ncc3c(NCc4cccs4)ncnc32)cc1C. The maximum absolute atomic E-state index is 12.4. The predicted octanol–water partition coefficient (Wildman–Crippen LogP) is 3.55. The lowest BCUT2D eigenvalue weighted by Gasteiger charge is -2.08. The van der Waals surface area contributed by atoms with Gasteiger partial charge in [0.2, 0.25) is 0 Å². The fourth-order valence-electron chi connectivity index (χ4n) is 3.04. The van der Waals surface area contributed by atoms with Crippen molar-refractivity contribution in [2.24, 2.45) is 0 Å². The van der Waals surface area contributed by atoms with Crippen LogP contribution in [0.3, 0.4) is 0 Å². The van der Waals surface area contributed by atoms with Crippen LogP contribution < -0.4 is 10.6 Å². The second kappa shape index (κ2) is 8.40. The number of nitrogens with zero attached hydrogens (tertiary/aromatic N) is 4. The maximum atomic E-state index is 12.4. The first-order valence-corrected chi connectivity index (χ1v) is 10.3. The number of aryl methyl sites for hydroxylation is 2. The van der Waals surface area contributed by atoms with Crippen LogP contribution in [0.1, 0.15) is 26.4 Å². The molecule has 0 aliphatic carbocycles. The van der Waals surface area contributed by atoms with Gasteiger partial charge in [-0.05, 0) is 48.6 Å². The summed E-state index contributed by atoms with van der Waals surface area (Å²) in [7, 11) is 0. The number of aromatic nitrogens is 4. The van der Waals surface area contributed by atoms with Gasteiger partial charge >= 0.3 is 0 Å². The molecule has 0 saturated carbocycles. The number of benzene rings is 1. The molecule has 0 atom stereocenters. The second-order valence-corrected chi connectivity index (χ2v) is 7.85. The highest BCUT2D eigenvalue weighted by Crippen LogP contribution is 2.20. The summed E-state index contributed by atoms with van der Waals surface area (Å²) in [6.45, 7) is 5.74. The van der Waals surface area contributed by atoms with Crippen molar-refractivity contribution in [1.29, 1.82) is 0 Å². The molecule has 3 heterocycles. The minimum absolute atomic E-state index is 0.0857. The van der Waals surface area contributed by atoms with E-state index in [9.17, 15) is 4.79 Å². The minimum atomic E-state index is -0.0857. The van der Waals surface area contributed by atoms with E-state index in [0.717, 1.165) is 22.4 Å². The van der Waals surface area contributed by atoms with Gasteiger partial charge in [-0.15, -0.1) is 11.3 Å². The Labute approximate surface area is 172 Å². The third-order valence-electron chi connectivity index (χ3n) is 4.82. The van der Waals surface area contributed by atoms with Crippen LogP contribution in [0.15, 0.2) is 48.2 Å². The molecule has 4 rings (SSSR count). The lowest BCUT2D eigenvalue weighted by atomic mass is 10.1. The van der Waals surface area contributed by atoms with Gasteiger partial charge in [0.25, 0.3) is 5.91 Å². The van der Waals surface area contributed by atoms with E-state index < -0.39 is 0 Å². The summed E-state index contributed by atoms with van der Waals surface area (Å²) in [4.78, 5) is 22.3. The van der Waals surface area contributed by atoms with E-state index in [1.807, 2.05) is 38.1 Å². The zero-order valence-corrected chi connectivity index (χ0v) is 17.2. The van der Waals surface area contributed by atoms with E-state index in [4.69, 9.17) is 0 Å². The molecule has 8 heteroatoms. The fraction of sp³-hybridized carbons (Fsp3) is 0.238. The molecule has 0 fully saturated rings. The summed E-state index contributed by atoms with van der Waals surface area (Å²) in [5.74, 6) is 0.673. The van der Waals surface area contributed by atoms with Gasteiger partial charge in [0.1, 0.15) is 12.1 Å². The van der Waals surface area contributed by atoms with Gasteiger partial charge in [-0.3, -0.25) is 4.79 Å². The lowest BCUT2D eigenvalue weighted by molar-refractivity contribution is 0.0952. The molecular formula is C21H22N6OS. The number of thiophene rings is 1. The van der Waals surface area contributed by atoms with E-state index in [0.29, 0.717) is 25.2 Å². The first-order valence-electron chi connectivity index (χ1n) is 9.40. The third-order valence-corrected chi connectivity index (χ3v) is 5.70. The average molecular weight is 407 g/mol. The molecule has 0 radical (unpaired) electrons. The predicted molar refractivity (Wildman–Crippen MR) is 115 cm³/mol. The molecule has 0 unspecified atom stereocenters. The molecule has 1 aromatic carbocycles. The Hall–Kier alpha value is -3.26. The van der Waals surface area contributed by atoms with Crippen molar-refractivity contribution in [3.8, 4) is 0 Å². The van der Waals surface area contributed by atoms with Crippen LogP contribution in [0.25, 0.3) is 11.0 Å². The Morgan fingerprint density at radius 3 is 2.86 bits per heavy atom. The number of carbonyl (C=O) groups is 1. The zero-order chi connectivity index (χ0) is 20.2. The molecule has 0 bridgehead atoms. The molecule has 0 aliphatic heterocycles. The second-order valence-electron chi connectivity index (χ2n) is 6.82. The van der Waals surface area contributed by atoms with Crippen LogP contribution >= 0.6 is 11.3 Å². The van der Waals surface area contributed by atoms with E-state index in [-0.39, 0.29) is 5.91 Å². The molecule has 4 aromatic rings. The molecule has 2 N–H and O–H groups in total. The van der Waals surface area contributed by atoms with Gasteiger partial charge in [-0.25, -0.2) is 14.6 Å². The number of hydrogen-bond donors (Lipinski definition) is 2. The molecule has 7 nitrogen and oxygen atoms in total. The zero-order valence-electron chi connectivity index (χ0n) is 16.3. The lowest BCUT2D eigenvalue weighted by Crippen LogP contribution is -2.27. The Morgan fingerprint density at radius 2 is 2.07 bits per heavy atom. The van der Waals surface area contributed by atoms with Crippen molar-refractivity contribution in [3.05, 3.63) is 69.8 Å². The Bertz CT molecular complexity index is 1140. The topological polar surface area (TPSA) is 84.7 Å². The fourth-order valence-corrected chi connectivity index (χ4v) is 3.69. The summed E-state index contributed by atoms with van der Waals surface area (Å²) in [5.41, 5.74) is 3.69. The first-order chi connectivity index (χ1) is 14.1. The van der Waals surface area contributed by atoms with Gasteiger partial charge in [0.05, 0.1) is 24.7 Å². The molecule has 148 valence electrons. The van der Waals surface area contributed by atoms with E-state index >= 15 is 0 Å². The van der Waals surface area contributed by atoms with Crippen LogP contribution in [0.4, 0.5) is 5.82 Å².